The molecule has 0 radical (unpaired) electrons. The van der Waals surface area contributed by atoms with Gasteiger partial charge >= 0.3 is 0 Å². The van der Waals surface area contributed by atoms with Gasteiger partial charge in [0.2, 0.25) is 0 Å². The second-order valence-corrected chi connectivity index (χ2v) is 9.00. The number of anilines is 2. The first kappa shape index (κ1) is 24.5. The summed E-state index contributed by atoms with van der Waals surface area (Å²) in [5.74, 6) is 2.13. The SMILES string of the molecule is COc1cc(OC)cc(N(CCCNCC(C)C)c2ccc3ncc(-c4cnn(C)c4)nc3c2)c1. The minimum Gasteiger partial charge on any atom is -0.497 e. The van der Waals surface area contributed by atoms with Gasteiger partial charge in [-0.2, -0.15) is 5.10 Å². The normalized spacial score (nSPS) is 11.3. The summed E-state index contributed by atoms with van der Waals surface area (Å²) in [5, 5.41) is 7.80. The van der Waals surface area contributed by atoms with Crippen LogP contribution in [-0.2, 0) is 7.05 Å². The van der Waals surface area contributed by atoms with E-state index in [1.807, 2.05) is 37.5 Å². The molecule has 35 heavy (non-hydrogen) atoms. The van der Waals surface area contributed by atoms with Crippen LogP contribution in [0.25, 0.3) is 22.3 Å². The number of rotatable bonds is 11. The standard InChI is InChI=1S/C27H34N6O2/c1-19(2)15-28-9-6-10-33(22-11-23(34-4)14-24(12-22)35-5)21-7-8-25-26(13-21)31-27(17-29-25)20-16-30-32(3)18-20/h7-8,11-14,16-19,28H,6,9-10,15H2,1-5H3. The molecule has 1 N–H and O–H groups in total. The minimum absolute atomic E-state index is 0.627. The van der Waals surface area contributed by atoms with Crippen LogP contribution in [0, 0.1) is 5.92 Å². The van der Waals surface area contributed by atoms with E-state index in [0.717, 1.165) is 71.2 Å². The number of fused-ring (bicyclic) bond motifs is 1. The molecule has 4 aromatic rings. The highest BCUT2D eigenvalue weighted by Crippen LogP contribution is 2.34. The molecule has 0 amide bonds. The van der Waals surface area contributed by atoms with Gasteiger partial charge in [0.05, 0.1) is 43.3 Å². The molecule has 0 unspecified atom stereocenters. The molecule has 0 fully saturated rings. The Morgan fingerprint density at radius 2 is 1.74 bits per heavy atom. The van der Waals surface area contributed by atoms with Crippen LogP contribution in [0.3, 0.4) is 0 Å². The molecule has 0 spiro atoms. The lowest BCUT2D eigenvalue weighted by Gasteiger charge is -2.26. The van der Waals surface area contributed by atoms with Crippen molar-refractivity contribution in [2.24, 2.45) is 13.0 Å². The van der Waals surface area contributed by atoms with E-state index in [9.17, 15) is 0 Å². The van der Waals surface area contributed by atoms with Gasteiger partial charge in [-0.1, -0.05) is 13.8 Å². The summed E-state index contributed by atoms with van der Waals surface area (Å²) >= 11 is 0. The monoisotopic (exact) mass is 474 g/mol. The predicted molar refractivity (Wildman–Crippen MR) is 141 cm³/mol. The number of nitrogens with zero attached hydrogens (tertiary/aromatic N) is 5. The number of aromatic nitrogens is 4. The van der Waals surface area contributed by atoms with Gasteiger partial charge in [0, 0.05) is 54.9 Å². The lowest BCUT2D eigenvalue weighted by Crippen LogP contribution is -2.26. The zero-order valence-corrected chi connectivity index (χ0v) is 21.2. The van der Waals surface area contributed by atoms with E-state index in [0.29, 0.717) is 5.92 Å². The summed E-state index contributed by atoms with van der Waals surface area (Å²) in [6.07, 6.45) is 6.52. The number of aryl methyl sites for hydroxylation is 1. The lowest BCUT2D eigenvalue weighted by atomic mass is 10.1. The Morgan fingerprint density at radius 3 is 2.40 bits per heavy atom. The molecule has 8 nitrogen and oxygen atoms in total. The molecule has 184 valence electrons. The Kier molecular flexibility index (Phi) is 7.82. The highest BCUT2D eigenvalue weighted by Gasteiger charge is 2.14. The average molecular weight is 475 g/mol. The fraction of sp³-hybridized carbons (Fsp3) is 0.370. The fourth-order valence-electron chi connectivity index (χ4n) is 3.97. The Hall–Kier alpha value is -3.65. The third-order valence-electron chi connectivity index (χ3n) is 5.77. The van der Waals surface area contributed by atoms with Crippen LogP contribution in [0.5, 0.6) is 11.5 Å². The van der Waals surface area contributed by atoms with Crippen LogP contribution in [-0.4, -0.2) is 53.6 Å². The Balaban J connectivity index is 1.69. The maximum Gasteiger partial charge on any atom is 0.124 e. The minimum atomic E-state index is 0.627. The quantitative estimate of drug-likeness (QED) is 0.312. The van der Waals surface area contributed by atoms with E-state index >= 15 is 0 Å². The second-order valence-electron chi connectivity index (χ2n) is 9.00. The van der Waals surface area contributed by atoms with E-state index in [1.165, 1.54) is 0 Å². The summed E-state index contributed by atoms with van der Waals surface area (Å²) in [6.45, 7) is 7.21. The van der Waals surface area contributed by atoms with Gasteiger partial charge in [0.15, 0.2) is 0 Å². The molecule has 0 aliphatic heterocycles. The number of ether oxygens (including phenoxy) is 2. The van der Waals surface area contributed by atoms with Gasteiger partial charge in [0.1, 0.15) is 11.5 Å². The van der Waals surface area contributed by atoms with Crippen molar-refractivity contribution in [1.29, 1.82) is 0 Å². The third-order valence-corrected chi connectivity index (χ3v) is 5.77. The highest BCUT2D eigenvalue weighted by atomic mass is 16.5. The molecule has 0 aliphatic carbocycles. The maximum absolute atomic E-state index is 5.54. The number of hydrogen-bond acceptors (Lipinski definition) is 7. The summed E-state index contributed by atoms with van der Waals surface area (Å²) in [5.41, 5.74) is 5.47. The van der Waals surface area contributed by atoms with Crippen molar-refractivity contribution < 1.29 is 9.47 Å². The maximum atomic E-state index is 5.54. The third kappa shape index (κ3) is 6.08. The molecule has 0 bridgehead atoms. The Bertz CT molecular complexity index is 1250. The molecule has 4 rings (SSSR count). The van der Waals surface area contributed by atoms with Crippen LogP contribution in [0.1, 0.15) is 20.3 Å². The smallest absolute Gasteiger partial charge is 0.124 e. The molecule has 0 atom stereocenters. The Morgan fingerprint density at radius 1 is 0.971 bits per heavy atom. The molecule has 0 saturated heterocycles. The van der Waals surface area contributed by atoms with Gasteiger partial charge < -0.3 is 19.7 Å². The molecular formula is C27H34N6O2. The van der Waals surface area contributed by atoms with E-state index < -0.39 is 0 Å². The fourth-order valence-corrected chi connectivity index (χ4v) is 3.97. The van der Waals surface area contributed by atoms with Crippen molar-refractivity contribution >= 4 is 22.4 Å². The van der Waals surface area contributed by atoms with Crippen molar-refractivity contribution in [3.63, 3.8) is 0 Å². The van der Waals surface area contributed by atoms with Gasteiger partial charge in [-0.05, 0) is 43.6 Å². The first-order valence-corrected chi connectivity index (χ1v) is 11.9. The van der Waals surface area contributed by atoms with Crippen LogP contribution >= 0.6 is 0 Å². The van der Waals surface area contributed by atoms with Crippen LogP contribution < -0.4 is 19.7 Å². The molecule has 2 heterocycles. The van der Waals surface area contributed by atoms with Crippen LogP contribution in [0.4, 0.5) is 11.4 Å². The summed E-state index contributed by atoms with van der Waals surface area (Å²) in [6, 6.07) is 12.2. The number of hydrogen-bond donors (Lipinski definition) is 1. The van der Waals surface area contributed by atoms with E-state index in [2.05, 4.69) is 46.3 Å². The first-order chi connectivity index (χ1) is 17.0. The predicted octanol–water partition coefficient (Wildman–Crippen LogP) is 4.82. The van der Waals surface area contributed by atoms with Crippen molar-refractivity contribution in [2.75, 3.05) is 38.8 Å². The van der Waals surface area contributed by atoms with E-state index in [1.54, 1.807) is 31.3 Å². The summed E-state index contributed by atoms with van der Waals surface area (Å²) < 4.78 is 12.8. The van der Waals surface area contributed by atoms with Crippen molar-refractivity contribution in [1.82, 2.24) is 25.1 Å². The zero-order chi connectivity index (χ0) is 24.8. The largest absolute Gasteiger partial charge is 0.497 e. The van der Waals surface area contributed by atoms with Crippen molar-refractivity contribution in [3.8, 4) is 22.8 Å². The van der Waals surface area contributed by atoms with Crippen molar-refractivity contribution in [2.45, 2.75) is 20.3 Å². The van der Waals surface area contributed by atoms with Crippen LogP contribution in [0.2, 0.25) is 0 Å². The zero-order valence-electron chi connectivity index (χ0n) is 21.2. The number of nitrogens with one attached hydrogen (secondary N) is 1. The Labute approximate surface area is 206 Å². The number of methoxy groups -OCH3 is 2. The van der Waals surface area contributed by atoms with Crippen molar-refractivity contribution in [3.05, 3.63) is 55.0 Å². The van der Waals surface area contributed by atoms with E-state index in [4.69, 9.17) is 14.5 Å². The molecule has 0 saturated carbocycles. The second kappa shape index (κ2) is 11.2. The molecular weight excluding hydrogens is 440 g/mol. The topological polar surface area (TPSA) is 77.3 Å². The number of benzene rings is 2. The van der Waals surface area contributed by atoms with Gasteiger partial charge in [-0.3, -0.25) is 9.67 Å². The lowest BCUT2D eigenvalue weighted by molar-refractivity contribution is 0.394. The highest BCUT2D eigenvalue weighted by molar-refractivity contribution is 5.82. The first-order valence-electron chi connectivity index (χ1n) is 11.9. The molecule has 0 aliphatic rings. The van der Waals surface area contributed by atoms with Gasteiger partial charge in [-0.25, -0.2) is 4.98 Å². The van der Waals surface area contributed by atoms with Gasteiger partial charge in [-0.15, -0.1) is 0 Å². The van der Waals surface area contributed by atoms with Crippen LogP contribution in [0.15, 0.2) is 55.0 Å². The molecule has 2 aromatic carbocycles. The average Bonchev–Trinajstić information content (AvgIpc) is 3.31. The molecule has 2 aromatic heterocycles. The summed E-state index contributed by atoms with van der Waals surface area (Å²) in [4.78, 5) is 11.8. The molecule has 8 heteroatoms. The van der Waals surface area contributed by atoms with Gasteiger partial charge in [0.25, 0.3) is 0 Å². The summed E-state index contributed by atoms with van der Waals surface area (Å²) in [7, 11) is 5.24. The van der Waals surface area contributed by atoms with E-state index in [-0.39, 0.29) is 0 Å².